The van der Waals surface area contributed by atoms with Crippen molar-refractivity contribution in [3.8, 4) is 0 Å². The van der Waals surface area contributed by atoms with Crippen LogP contribution < -0.4 is 16.0 Å². The Balaban J connectivity index is 2.70. The zero-order chi connectivity index (χ0) is 22.0. The highest BCUT2D eigenvalue weighted by atomic mass is 16.5. The zero-order valence-electron chi connectivity index (χ0n) is 17.1. The third-order valence-electron chi connectivity index (χ3n) is 4.10. The maximum absolute atomic E-state index is 12.7. The van der Waals surface area contributed by atoms with E-state index in [1.54, 1.807) is 27.7 Å². The van der Waals surface area contributed by atoms with Crippen LogP contribution in [0.1, 0.15) is 33.3 Å². The number of hydrogen-bond acceptors (Lipinski definition) is 5. The van der Waals surface area contributed by atoms with Crippen LogP contribution in [0.4, 0.5) is 4.79 Å². The second kappa shape index (κ2) is 11.7. The molecule has 9 nitrogen and oxygen atoms in total. The molecule has 1 aromatic carbocycles. The molecule has 0 aliphatic rings. The molecule has 0 unspecified atom stereocenters. The van der Waals surface area contributed by atoms with Crippen molar-refractivity contribution < 1.29 is 29.0 Å². The van der Waals surface area contributed by atoms with Crippen molar-refractivity contribution in [2.75, 3.05) is 6.54 Å². The molecule has 160 valence electrons. The molecular weight excluding hydrogens is 378 g/mol. The SMILES string of the molecule is CC(C)[C@H](NC(=O)OCc1ccccc1)C(=O)N[C@H](C(=O)NCC(=O)O)C(C)C. The highest BCUT2D eigenvalue weighted by molar-refractivity contribution is 5.92. The Bertz CT molecular complexity index is 705. The largest absolute Gasteiger partial charge is 0.480 e. The number of nitrogens with one attached hydrogen (secondary N) is 3. The molecule has 29 heavy (non-hydrogen) atoms. The van der Waals surface area contributed by atoms with Gasteiger partial charge in [0.1, 0.15) is 25.2 Å². The van der Waals surface area contributed by atoms with Crippen LogP contribution in [0.3, 0.4) is 0 Å². The van der Waals surface area contributed by atoms with Crippen molar-refractivity contribution >= 4 is 23.9 Å². The molecule has 0 radical (unpaired) electrons. The van der Waals surface area contributed by atoms with Gasteiger partial charge in [-0.05, 0) is 17.4 Å². The summed E-state index contributed by atoms with van der Waals surface area (Å²) in [6.45, 7) is 6.45. The number of carboxylic acids is 1. The predicted octanol–water partition coefficient (Wildman–Crippen LogP) is 1.28. The van der Waals surface area contributed by atoms with Gasteiger partial charge >= 0.3 is 12.1 Å². The van der Waals surface area contributed by atoms with Gasteiger partial charge in [0.25, 0.3) is 0 Å². The molecule has 0 spiro atoms. The van der Waals surface area contributed by atoms with E-state index in [0.717, 1.165) is 5.56 Å². The van der Waals surface area contributed by atoms with Gasteiger partial charge in [-0.3, -0.25) is 14.4 Å². The summed E-state index contributed by atoms with van der Waals surface area (Å²) in [7, 11) is 0. The lowest BCUT2D eigenvalue weighted by molar-refractivity contribution is -0.138. The summed E-state index contributed by atoms with van der Waals surface area (Å²) in [5.41, 5.74) is 0.808. The number of benzene rings is 1. The summed E-state index contributed by atoms with van der Waals surface area (Å²) in [5.74, 6) is -2.90. The predicted molar refractivity (Wildman–Crippen MR) is 106 cm³/mol. The normalized spacial score (nSPS) is 12.8. The van der Waals surface area contributed by atoms with Crippen LogP contribution >= 0.6 is 0 Å². The first kappa shape index (κ1) is 23.9. The maximum atomic E-state index is 12.7. The van der Waals surface area contributed by atoms with Gasteiger partial charge in [-0.25, -0.2) is 4.79 Å². The molecule has 1 rings (SSSR count). The first-order valence-corrected chi connectivity index (χ1v) is 9.39. The summed E-state index contributed by atoms with van der Waals surface area (Å²) in [4.78, 5) is 47.6. The van der Waals surface area contributed by atoms with Crippen molar-refractivity contribution in [1.29, 1.82) is 0 Å². The van der Waals surface area contributed by atoms with Crippen LogP contribution in [-0.2, 0) is 25.7 Å². The molecule has 0 heterocycles. The molecule has 3 amide bonds. The molecule has 0 saturated heterocycles. The van der Waals surface area contributed by atoms with Gasteiger partial charge in [0.15, 0.2) is 0 Å². The summed E-state index contributed by atoms with van der Waals surface area (Å²) in [6.07, 6.45) is -0.751. The smallest absolute Gasteiger partial charge is 0.408 e. The highest BCUT2D eigenvalue weighted by Gasteiger charge is 2.30. The summed E-state index contributed by atoms with van der Waals surface area (Å²) in [6, 6.07) is 7.24. The third kappa shape index (κ3) is 8.63. The van der Waals surface area contributed by atoms with Crippen molar-refractivity contribution in [1.82, 2.24) is 16.0 Å². The molecule has 0 fully saturated rings. The minimum Gasteiger partial charge on any atom is -0.480 e. The van der Waals surface area contributed by atoms with Crippen molar-refractivity contribution in [2.24, 2.45) is 11.8 Å². The lowest BCUT2D eigenvalue weighted by atomic mass is 10.00. The van der Waals surface area contributed by atoms with Crippen LogP contribution in [0.25, 0.3) is 0 Å². The summed E-state index contributed by atoms with van der Waals surface area (Å²) >= 11 is 0. The van der Waals surface area contributed by atoms with E-state index < -0.39 is 42.5 Å². The van der Waals surface area contributed by atoms with E-state index in [2.05, 4.69) is 16.0 Å². The molecule has 0 saturated carbocycles. The number of carbonyl (C=O) groups is 4. The van der Waals surface area contributed by atoms with E-state index in [-0.39, 0.29) is 18.4 Å². The Hall–Kier alpha value is -3.10. The van der Waals surface area contributed by atoms with E-state index in [1.807, 2.05) is 30.3 Å². The minimum absolute atomic E-state index is 0.0608. The first-order chi connectivity index (χ1) is 13.6. The fourth-order valence-corrected chi connectivity index (χ4v) is 2.48. The van der Waals surface area contributed by atoms with Crippen LogP contribution in [0.5, 0.6) is 0 Å². The van der Waals surface area contributed by atoms with E-state index in [4.69, 9.17) is 9.84 Å². The van der Waals surface area contributed by atoms with Gasteiger partial charge in [-0.1, -0.05) is 58.0 Å². The van der Waals surface area contributed by atoms with Gasteiger partial charge in [0.2, 0.25) is 11.8 Å². The Morgan fingerprint density at radius 3 is 1.97 bits per heavy atom. The molecule has 1 aromatic rings. The van der Waals surface area contributed by atoms with Gasteiger partial charge < -0.3 is 25.8 Å². The van der Waals surface area contributed by atoms with Crippen molar-refractivity contribution in [2.45, 2.75) is 46.4 Å². The molecule has 4 N–H and O–H groups in total. The standard InChI is InChI=1S/C20H29N3O6/c1-12(2)16(18(26)21-10-15(24)25)22-19(27)17(13(3)4)23-20(28)29-11-14-8-6-5-7-9-14/h5-9,12-13,16-17H,10-11H2,1-4H3,(H,21,26)(H,22,27)(H,23,28)(H,24,25)/t16-,17-/m0/s1. The number of alkyl carbamates (subject to hydrolysis) is 1. The molecule has 0 bridgehead atoms. The quantitative estimate of drug-likeness (QED) is 0.462. The molecular formula is C20H29N3O6. The number of aliphatic carboxylic acids is 1. The second-order valence-corrected chi connectivity index (χ2v) is 7.27. The Kier molecular flexibility index (Phi) is 9.64. The van der Waals surface area contributed by atoms with E-state index in [1.165, 1.54) is 0 Å². The lowest BCUT2D eigenvalue weighted by Gasteiger charge is -2.26. The van der Waals surface area contributed by atoms with Gasteiger partial charge in [0, 0.05) is 0 Å². The summed E-state index contributed by atoms with van der Waals surface area (Å²) in [5, 5.41) is 16.1. The number of amides is 3. The van der Waals surface area contributed by atoms with Crippen LogP contribution in [0.15, 0.2) is 30.3 Å². The zero-order valence-corrected chi connectivity index (χ0v) is 17.1. The number of carbonyl (C=O) groups excluding carboxylic acids is 3. The van der Waals surface area contributed by atoms with Crippen LogP contribution in [0, 0.1) is 11.8 Å². The Morgan fingerprint density at radius 1 is 0.897 bits per heavy atom. The first-order valence-electron chi connectivity index (χ1n) is 9.39. The number of hydrogen-bond donors (Lipinski definition) is 4. The van der Waals surface area contributed by atoms with Gasteiger partial charge in [0.05, 0.1) is 0 Å². The maximum Gasteiger partial charge on any atom is 0.408 e. The fourth-order valence-electron chi connectivity index (χ4n) is 2.48. The van der Waals surface area contributed by atoms with E-state index in [0.29, 0.717) is 0 Å². The summed E-state index contributed by atoms with van der Waals surface area (Å²) < 4.78 is 5.15. The van der Waals surface area contributed by atoms with Crippen LogP contribution in [0.2, 0.25) is 0 Å². The molecule has 0 aromatic heterocycles. The molecule has 0 aliphatic heterocycles. The van der Waals surface area contributed by atoms with Crippen molar-refractivity contribution in [3.05, 3.63) is 35.9 Å². The number of rotatable bonds is 10. The van der Waals surface area contributed by atoms with Crippen molar-refractivity contribution in [3.63, 3.8) is 0 Å². The number of ether oxygens (including phenoxy) is 1. The second-order valence-electron chi connectivity index (χ2n) is 7.27. The molecule has 9 heteroatoms. The number of carboxylic acid groups (broad SMARTS) is 1. The Labute approximate surface area is 170 Å². The lowest BCUT2D eigenvalue weighted by Crippen LogP contribution is -2.57. The molecule has 2 atom stereocenters. The topological polar surface area (TPSA) is 134 Å². The van der Waals surface area contributed by atoms with Gasteiger partial charge in [-0.2, -0.15) is 0 Å². The van der Waals surface area contributed by atoms with Crippen LogP contribution in [-0.4, -0.2) is 47.6 Å². The average molecular weight is 407 g/mol. The third-order valence-corrected chi connectivity index (χ3v) is 4.10. The molecule has 0 aliphatic carbocycles. The Morgan fingerprint density at radius 2 is 1.45 bits per heavy atom. The van der Waals surface area contributed by atoms with Gasteiger partial charge in [-0.15, -0.1) is 0 Å². The minimum atomic E-state index is -1.19. The van der Waals surface area contributed by atoms with E-state index in [9.17, 15) is 19.2 Å². The fraction of sp³-hybridized carbons (Fsp3) is 0.500. The van der Waals surface area contributed by atoms with E-state index >= 15 is 0 Å². The average Bonchev–Trinajstić information content (AvgIpc) is 2.66. The highest BCUT2D eigenvalue weighted by Crippen LogP contribution is 2.08. The monoisotopic (exact) mass is 407 g/mol.